The van der Waals surface area contributed by atoms with Crippen LogP contribution in [0.5, 0.6) is 11.5 Å². The summed E-state index contributed by atoms with van der Waals surface area (Å²) < 4.78 is 11.4. The molecule has 3 aromatic rings. The monoisotopic (exact) mass is 337 g/mol. The SMILES string of the molecule is CCCOc1ccc(C2[NH2+]CCc3c2[nH]c2ccccc32)cc1OC. The van der Waals surface area contributed by atoms with Crippen molar-refractivity contribution < 1.29 is 14.8 Å². The lowest BCUT2D eigenvalue weighted by Crippen LogP contribution is -2.87. The van der Waals surface area contributed by atoms with Gasteiger partial charge in [-0.2, -0.15) is 0 Å². The Morgan fingerprint density at radius 2 is 2.04 bits per heavy atom. The third-order valence-electron chi connectivity index (χ3n) is 4.96. The van der Waals surface area contributed by atoms with Crippen molar-refractivity contribution in [2.75, 3.05) is 20.3 Å². The van der Waals surface area contributed by atoms with Gasteiger partial charge in [-0.25, -0.2) is 0 Å². The lowest BCUT2D eigenvalue weighted by molar-refractivity contribution is -0.690. The van der Waals surface area contributed by atoms with Gasteiger partial charge < -0.3 is 19.8 Å². The quantitative estimate of drug-likeness (QED) is 0.751. The number of benzene rings is 2. The van der Waals surface area contributed by atoms with Crippen molar-refractivity contribution in [2.24, 2.45) is 0 Å². The zero-order valence-corrected chi connectivity index (χ0v) is 14.8. The number of nitrogens with two attached hydrogens (primary N) is 1. The summed E-state index contributed by atoms with van der Waals surface area (Å²) in [6.45, 7) is 3.91. The summed E-state index contributed by atoms with van der Waals surface area (Å²) in [6, 6.07) is 15.2. The summed E-state index contributed by atoms with van der Waals surface area (Å²) in [5.41, 5.74) is 5.24. The molecule has 4 nitrogen and oxygen atoms in total. The van der Waals surface area contributed by atoms with Crippen LogP contribution >= 0.6 is 0 Å². The molecule has 1 aliphatic rings. The molecule has 1 aliphatic heterocycles. The molecule has 0 radical (unpaired) electrons. The van der Waals surface area contributed by atoms with E-state index in [-0.39, 0.29) is 6.04 Å². The van der Waals surface area contributed by atoms with Crippen LogP contribution in [0.15, 0.2) is 42.5 Å². The van der Waals surface area contributed by atoms with Gasteiger partial charge >= 0.3 is 0 Å². The van der Waals surface area contributed by atoms with Crippen LogP contribution in [0.25, 0.3) is 10.9 Å². The maximum Gasteiger partial charge on any atom is 0.161 e. The first-order chi connectivity index (χ1) is 12.3. The fraction of sp³-hybridized carbons (Fsp3) is 0.333. The first kappa shape index (κ1) is 16.0. The van der Waals surface area contributed by atoms with Gasteiger partial charge in [0.05, 0.1) is 26.0 Å². The highest BCUT2D eigenvalue weighted by atomic mass is 16.5. The third-order valence-corrected chi connectivity index (χ3v) is 4.96. The summed E-state index contributed by atoms with van der Waals surface area (Å²) in [7, 11) is 1.71. The minimum absolute atomic E-state index is 0.269. The van der Waals surface area contributed by atoms with Crippen molar-refractivity contribution in [3.63, 3.8) is 0 Å². The van der Waals surface area contributed by atoms with Gasteiger partial charge in [0, 0.05) is 22.9 Å². The molecule has 0 spiro atoms. The number of methoxy groups -OCH3 is 1. The van der Waals surface area contributed by atoms with Crippen LogP contribution < -0.4 is 14.8 Å². The molecule has 0 saturated carbocycles. The van der Waals surface area contributed by atoms with E-state index in [4.69, 9.17) is 9.47 Å². The molecule has 4 heteroatoms. The Bertz CT molecular complexity index is 885. The molecular weight excluding hydrogens is 312 g/mol. The van der Waals surface area contributed by atoms with Crippen molar-refractivity contribution in [1.82, 2.24) is 4.98 Å². The first-order valence-corrected chi connectivity index (χ1v) is 9.05. The van der Waals surface area contributed by atoms with Gasteiger partial charge in [0.1, 0.15) is 0 Å². The van der Waals surface area contributed by atoms with Gasteiger partial charge in [0.25, 0.3) is 0 Å². The van der Waals surface area contributed by atoms with Crippen molar-refractivity contribution >= 4 is 10.9 Å². The smallest absolute Gasteiger partial charge is 0.161 e. The second kappa shape index (κ2) is 6.81. The van der Waals surface area contributed by atoms with E-state index >= 15 is 0 Å². The van der Waals surface area contributed by atoms with Crippen molar-refractivity contribution in [2.45, 2.75) is 25.8 Å². The highest BCUT2D eigenvalue weighted by molar-refractivity contribution is 5.85. The number of aromatic amines is 1. The second-order valence-electron chi connectivity index (χ2n) is 6.57. The normalized spacial score (nSPS) is 16.6. The van der Waals surface area contributed by atoms with E-state index in [1.54, 1.807) is 7.11 Å². The number of H-pyrrole nitrogens is 1. The molecule has 0 bridgehead atoms. The Hall–Kier alpha value is -2.46. The average molecular weight is 337 g/mol. The Kier molecular flexibility index (Phi) is 4.36. The molecule has 130 valence electrons. The van der Waals surface area contributed by atoms with Crippen LogP contribution in [0.1, 0.15) is 36.2 Å². The fourth-order valence-electron chi connectivity index (χ4n) is 3.78. The van der Waals surface area contributed by atoms with Gasteiger partial charge in [-0.3, -0.25) is 0 Å². The Labute approximate surface area is 148 Å². The van der Waals surface area contributed by atoms with Gasteiger partial charge in [-0.05, 0) is 36.2 Å². The highest BCUT2D eigenvalue weighted by Crippen LogP contribution is 2.34. The maximum absolute atomic E-state index is 5.79. The third kappa shape index (κ3) is 2.87. The van der Waals surface area contributed by atoms with Crippen LogP contribution in [0.2, 0.25) is 0 Å². The van der Waals surface area contributed by atoms with Crippen LogP contribution in [0, 0.1) is 0 Å². The average Bonchev–Trinajstić information content (AvgIpc) is 3.05. The van der Waals surface area contributed by atoms with E-state index in [9.17, 15) is 0 Å². The number of para-hydroxylation sites is 1. The molecule has 1 unspecified atom stereocenters. The van der Waals surface area contributed by atoms with Crippen LogP contribution in [0.3, 0.4) is 0 Å². The molecule has 0 fully saturated rings. The summed E-state index contributed by atoms with van der Waals surface area (Å²) in [4.78, 5) is 3.65. The van der Waals surface area contributed by atoms with Crippen molar-refractivity contribution in [3.8, 4) is 11.5 Å². The zero-order chi connectivity index (χ0) is 17.2. The van der Waals surface area contributed by atoms with Crippen molar-refractivity contribution in [3.05, 3.63) is 59.3 Å². The number of rotatable bonds is 5. The van der Waals surface area contributed by atoms with E-state index in [1.807, 2.05) is 6.07 Å². The molecular formula is C21H25N2O2+. The number of nitrogens with one attached hydrogen (secondary N) is 1. The Morgan fingerprint density at radius 3 is 2.88 bits per heavy atom. The minimum Gasteiger partial charge on any atom is -0.493 e. The molecule has 1 aromatic heterocycles. The lowest BCUT2D eigenvalue weighted by Gasteiger charge is -2.22. The topological polar surface area (TPSA) is 50.9 Å². The largest absolute Gasteiger partial charge is 0.493 e. The molecule has 0 aliphatic carbocycles. The summed E-state index contributed by atoms with van der Waals surface area (Å²) in [6.07, 6.45) is 2.09. The fourth-order valence-corrected chi connectivity index (χ4v) is 3.78. The maximum atomic E-state index is 5.79. The lowest BCUT2D eigenvalue weighted by atomic mass is 9.94. The highest BCUT2D eigenvalue weighted by Gasteiger charge is 2.29. The molecule has 3 N–H and O–H groups in total. The van der Waals surface area contributed by atoms with Gasteiger partial charge in [-0.1, -0.05) is 25.1 Å². The molecule has 25 heavy (non-hydrogen) atoms. The van der Waals surface area contributed by atoms with E-state index in [2.05, 4.69) is 53.6 Å². The first-order valence-electron chi connectivity index (χ1n) is 9.05. The molecule has 4 rings (SSSR count). The van der Waals surface area contributed by atoms with Crippen molar-refractivity contribution in [1.29, 1.82) is 0 Å². The molecule has 0 saturated heterocycles. The number of hydrogen-bond acceptors (Lipinski definition) is 2. The summed E-state index contributed by atoms with van der Waals surface area (Å²) in [5.74, 6) is 1.63. The Morgan fingerprint density at radius 1 is 1.16 bits per heavy atom. The van der Waals surface area contributed by atoms with E-state index in [0.29, 0.717) is 6.61 Å². The van der Waals surface area contributed by atoms with Gasteiger partial charge in [0.2, 0.25) is 0 Å². The van der Waals surface area contributed by atoms with Crippen LogP contribution in [0.4, 0.5) is 0 Å². The van der Waals surface area contributed by atoms with E-state index in [0.717, 1.165) is 30.9 Å². The molecule has 0 amide bonds. The van der Waals surface area contributed by atoms with Crippen LogP contribution in [-0.2, 0) is 6.42 Å². The predicted molar refractivity (Wildman–Crippen MR) is 99.4 cm³/mol. The molecule has 1 atom stereocenters. The number of aromatic nitrogens is 1. The number of hydrogen-bond donors (Lipinski definition) is 2. The summed E-state index contributed by atoms with van der Waals surface area (Å²) in [5, 5.41) is 3.75. The van der Waals surface area contributed by atoms with Gasteiger partial charge in [0.15, 0.2) is 17.5 Å². The van der Waals surface area contributed by atoms with E-state index < -0.39 is 0 Å². The predicted octanol–water partition coefficient (Wildman–Crippen LogP) is 3.17. The standard InChI is InChI=1S/C21H24N2O2/c1-3-12-25-18-9-8-14(13-19(18)24-2)20-21-16(10-11-22-20)15-6-4-5-7-17(15)23-21/h4-9,13,20,22-23H,3,10-12H2,1-2H3/p+1. The Balaban J connectivity index is 1.74. The van der Waals surface area contributed by atoms with E-state index in [1.165, 1.54) is 27.7 Å². The number of fused-ring (bicyclic) bond motifs is 3. The van der Waals surface area contributed by atoms with Crippen LogP contribution in [-0.4, -0.2) is 25.2 Å². The molecule has 2 aromatic carbocycles. The van der Waals surface area contributed by atoms with Gasteiger partial charge in [-0.15, -0.1) is 0 Å². The number of quaternary nitrogens is 1. The summed E-state index contributed by atoms with van der Waals surface area (Å²) >= 11 is 0. The number of ether oxygens (including phenoxy) is 2. The molecule has 2 heterocycles. The second-order valence-corrected chi connectivity index (χ2v) is 6.57. The minimum atomic E-state index is 0.269. The zero-order valence-electron chi connectivity index (χ0n) is 14.8.